The Morgan fingerprint density at radius 3 is 2.19 bits per heavy atom. The number of para-hydroxylation sites is 3. The van der Waals surface area contributed by atoms with Gasteiger partial charge in [0, 0.05) is 58.1 Å². The Kier molecular flexibility index (Phi) is 5.90. The monoisotopic (exact) mass is 559 g/mol. The van der Waals surface area contributed by atoms with Crippen molar-refractivity contribution in [3.63, 3.8) is 0 Å². The molecular formula is C37H27N4S+. The summed E-state index contributed by atoms with van der Waals surface area (Å²) >= 11 is 1.78. The number of rotatable bonds is 5. The molecule has 200 valence electrons. The molecule has 0 amide bonds. The molecular weight excluding hydrogens is 533 g/mol. The van der Waals surface area contributed by atoms with Gasteiger partial charge in [0.05, 0.1) is 11.0 Å². The van der Waals surface area contributed by atoms with Gasteiger partial charge in [-0.05, 0) is 65.7 Å². The Balaban J connectivity index is 1.22. The summed E-state index contributed by atoms with van der Waals surface area (Å²) in [6.45, 7) is 0. The minimum atomic E-state index is 0.916. The van der Waals surface area contributed by atoms with Crippen LogP contribution in [0.1, 0.15) is 0 Å². The molecule has 0 spiro atoms. The van der Waals surface area contributed by atoms with Crippen LogP contribution in [0.5, 0.6) is 0 Å². The standard InChI is InChI=1S/C37H27N4S/c1-39-25-40(35-17-8-7-16-34(35)39)28-12-9-13-29(23-28)42-30-18-19-32-31-14-5-6-15-33(31)41(36(32)24-30)37-22-27(20-21-38-37)26-10-3-2-4-11-26/h2-25H,1H3/q+1. The van der Waals surface area contributed by atoms with Crippen LogP contribution in [0.4, 0.5) is 0 Å². The van der Waals surface area contributed by atoms with Crippen LogP contribution in [-0.4, -0.2) is 18.7 Å². The molecule has 0 aliphatic heterocycles. The molecule has 0 fully saturated rings. The van der Waals surface area contributed by atoms with Crippen LogP contribution in [0.15, 0.2) is 156 Å². The largest absolute Gasteiger partial charge is 0.294 e. The second-order valence-electron chi connectivity index (χ2n) is 10.5. The van der Waals surface area contributed by atoms with E-state index in [2.05, 4.69) is 154 Å². The lowest BCUT2D eigenvalue weighted by Crippen LogP contribution is -1.97. The Hall–Kier alpha value is -5.13. The molecule has 0 aliphatic carbocycles. The molecule has 5 heteroatoms. The maximum Gasteiger partial charge on any atom is 0.191 e. The van der Waals surface area contributed by atoms with E-state index in [4.69, 9.17) is 4.98 Å². The molecule has 5 aromatic carbocycles. The van der Waals surface area contributed by atoms with Crippen LogP contribution in [0, 0.1) is 0 Å². The third-order valence-electron chi connectivity index (χ3n) is 7.87. The fourth-order valence-electron chi connectivity index (χ4n) is 5.91. The van der Waals surface area contributed by atoms with Gasteiger partial charge in [-0.3, -0.25) is 4.57 Å². The van der Waals surface area contributed by atoms with Gasteiger partial charge in [0.2, 0.25) is 0 Å². The number of imidazole rings is 1. The Bertz CT molecular complexity index is 2240. The molecule has 0 unspecified atom stereocenters. The number of hydrogen-bond donors (Lipinski definition) is 0. The third kappa shape index (κ3) is 4.18. The Labute approximate surface area is 248 Å². The summed E-state index contributed by atoms with van der Waals surface area (Å²) < 4.78 is 6.72. The molecule has 0 N–H and O–H groups in total. The van der Waals surface area contributed by atoms with Gasteiger partial charge >= 0.3 is 0 Å². The Morgan fingerprint density at radius 1 is 0.571 bits per heavy atom. The maximum absolute atomic E-state index is 4.84. The SMILES string of the molecule is Cn1[cH+]n(-c2cccc(Sc3ccc4c5ccccc5n(-c5cc(-c6ccccc6)ccn5)c4c3)c2)c2ccccc21. The van der Waals surface area contributed by atoms with Crippen LogP contribution in [-0.2, 0) is 7.05 Å². The number of aromatic nitrogens is 4. The highest BCUT2D eigenvalue weighted by molar-refractivity contribution is 7.99. The first kappa shape index (κ1) is 24.6. The molecule has 0 radical (unpaired) electrons. The quantitative estimate of drug-likeness (QED) is 0.196. The predicted octanol–water partition coefficient (Wildman–Crippen LogP) is 9.56. The number of aryl methyl sites for hydroxylation is 1. The molecule has 8 aromatic rings. The Morgan fingerprint density at radius 2 is 1.31 bits per heavy atom. The summed E-state index contributed by atoms with van der Waals surface area (Å²) in [6, 6.07) is 47.4. The first-order valence-corrected chi connectivity index (χ1v) is 14.8. The van der Waals surface area contributed by atoms with Crippen molar-refractivity contribution in [3.8, 4) is 22.6 Å². The van der Waals surface area contributed by atoms with Gasteiger partial charge in [0.1, 0.15) is 11.5 Å². The van der Waals surface area contributed by atoms with Gasteiger partial charge in [-0.2, -0.15) is 4.57 Å². The van der Waals surface area contributed by atoms with Gasteiger partial charge in [-0.1, -0.05) is 66.4 Å². The van der Waals surface area contributed by atoms with Crippen LogP contribution in [0.3, 0.4) is 0 Å². The average Bonchev–Trinajstić information content (AvgIpc) is 3.56. The summed E-state index contributed by atoms with van der Waals surface area (Å²) in [4.78, 5) is 7.22. The highest BCUT2D eigenvalue weighted by atomic mass is 32.2. The van der Waals surface area contributed by atoms with Crippen molar-refractivity contribution in [3.05, 3.63) is 146 Å². The lowest BCUT2D eigenvalue weighted by Gasteiger charge is -2.10. The van der Waals surface area contributed by atoms with E-state index in [-0.39, 0.29) is 0 Å². The normalized spacial score (nSPS) is 11.5. The van der Waals surface area contributed by atoms with E-state index < -0.39 is 0 Å². The van der Waals surface area contributed by atoms with Gasteiger partial charge in [-0.25, -0.2) is 9.55 Å². The van der Waals surface area contributed by atoms with E-state index in [9.17, 15) is 0 Å². The van der Waals surface area contributed by atoms with Crippen LogP contribution >= 0.6 is 11.8 Å². The lowest BCUT2D eigenvalue weighted by molar-refractivity contribution is 0.909. The maximum atomic E-state index is 4.84. The fraction of sp³-hybridized carbons (Fsp3) is 0.0270. The highest BCUT2D eigenvalue weighted by Crippen LogP contribution is 2.37. The van der Waals surface area contributed by atoms with E-state index in [0.717, 1.165) is 28.1 Å². The summed E-state index contributed by atoms with van der Waals surface area (Å²) in [5.41, 5.74) is 8.19. The molecule has 8 rings (SSSR count). The van der Waals surface area contributed by atoms with Crippen molar-refractivity contribution in [2.24, 2.45) is 7.05 Å². The molecule has 3 aromatic heterocycles. The number of pyridine rings is 1. The molecule has 0 bridgehead atoms. The van der Waals surface area contributed by atoms with E-state index in [1.165, 1.54) is 37.2 Å². The third-order valence-corrected chi connectivity index (χ3v) is 8.85. The van der Waals surface area contributed by atoms with Gasteiger partial charge in [0.15, 0.2) is 17.4 Å². The molecule has 0 saturated carbocycles. The molecule has 42 heavy (non-hydrogen) atoms. The number of fused-ring (bicyclic) bond motifs is 4. The zero-order valence-corrected chi connectivity index (χ0v) is 23.9. The van der Waals surface area contributed by atoms with E-state index in [0.29, 0.717) is 0 Å². The average molecular weight is 560 g/mol. The van der Waals surface area contributed by atoms with Crippen molar-refractivity contribution in [1.82, 2.24) is 18.7 Å². The number of nitrogens with zero attached hydrogens (tertiary/aromatic N) is 4. The summed E-state index contributed by atoms with van der Waals surface area (Å²) in [5.74, 6) is 0.916. The summed E-state index contributed by atoms with van der Waals surface area (Å²) in [5, 5.41) is 2.45. The smallest absolute Gasteiger partial charge is 0.191 e. The van der Waals surface area contributed by atoms with Crippen LogP contribution < -0.4 is 0 Å². The van der Waals surface area contributed by atoms with Crippen molar-refractivity contribution >= 4 is 44.6 Å². The second-order valence-corrected chi connectivity index (χ2v) is 11.6. The lowest BCUT2D eigenvalue weighted by atomic mass is 10.1. The van der Waals surface area contributed by atoms with Gasteiger partial charge in [0.25, 0.3) is 0 Å². The number of benzene rings is 5. The van der Waals surface area contributed by atoms with Crippen LogP contribution in [0.25, 0.3) is 55.5 Å². The van der Waals surface area contributed by atoms with Crippen LogP contribution in [0.2, 0.25) is 0 Å². The fourth-order valence-corrected chi connectivity index (χ4v) is 6.82. The van der Waals surface area contributed by atoms with Crippen molar-refractivity contribution in [2.75, 3.05) is 0 Å². The predicted molar refractivity (Wildman–Crippen MR) is 175 cm³/mol. The topological polar surface area (TPSA) is 27.7 Å². The molecule has 4 nitrogen and oxygen atoms in total. The zero-order valence-electron chi connectivity index (χ0n) is 23.1. The zero-order chi connectivity index (χ0) is 28.0. The van der Waals surface area contributed by atoms with Gasteiger partial charge in [-0.15, -0.1) is 0 Å². The second kappa shape index (κ2) is 10.1. The van der Waals surface area contributed by atoms with E-state index in [1.807, 2.05) is 12.3 Å². The molecule has 0 aliphatic rings. The van der Waals surface area contributed by atoms with Crippen molar-refractivity contribution in [2.45, 2.75) is 9.79 Å². The first-order valence-electron chi connectivity index (χ1n) is 14.0. The molecule has 3 heterocycles. The molecule has 0 atom stereocenters. The minimum Gasteiger partial charge on any atom is -0.294 e. The summed E-state index contributed by atoms with van der Waals surface area (Å²) in [7, 11) is 2.09. The van der Waals surface area contributed by atoms with E-state index in [1.54, 1.807) is 11.8 Å². The van der Waals surface area contributed by atoms with Gasteiger partial charge < -0.3 is 0 Å². The van der Waals surface area contributed by atoms with E-state index >= 15 is 0 Å². The molecule has 0 saturated heterocycles. The van der Waals surface area contributed by atoms with Crippen molar-refractivity contribution < 1.29 is 0 Å². The number of hydrogen-bond acceptors (Lipinski definition) is 2. The minimum absolute atomic E-state index is 0.916. The van der Waals surface area contributed by atoms with Crippen molar-refractivity contribution in [1.29, 1.82) is 0 Å². The summed E-state index contributed by atoms with van der Waals surface area (Å²) in [6.07, 6.45) is 4.06. The highest BCUT2D eigenvalue weighted by Gasteiger charge is 2.17. The first-order chi connectivity index (χ1) is 20.7.